The van der Waals surface area contributed by atoms with Crippen LogP contribution in [0.15, 0.2) is 34.2 Å². The zero-order valence-electron chi connectivity index (χ0n) is 11.2. The molecule has 0 aliphatic rings. The van der Waals surface area contributed by atoms with Gasteiger partial charge in [0, 0.05) is 10.5 Å². The molecule has 0 aliphatic carbocycles. The van der Waals surface area contributed by atoms with E-state index in [1.165, 1.54) is 11.3 Å². The molecule has 0 radical (unpaired) electrons. The molecule has 20 heavy (non-hydrogen) atoms. The van der Waals surface area contributed by atoms with Crippen molar-refractivity contribution in [2.75, 3.05) is 11.9 Å². The summed E-state index contributed by atoms with van der Waals surface area (Å²) in [5, 5.41) is 4.04. The molecule has 0 aliphatic heterocycles. The first-order chi connectivity index (χ1) is 9.61. The zero-order chi connectivity index (χ0) is 14.5. The Morgan fingerprint density at radius 3 is 3.05 bits per heavy atom. The Bertz CT molecular complexity index is 600. The Morgan fingerprint density at radius 1 is 1.55 bits per heavy atom. The van der Waals surface area contributed by atoms with Crippen molar-refractivity contribution in [1.82, 2.24) is 4.98 Å². The molecule has 0 saturated heterocycles. The van der Waals surface area contributed by atoms with Crippen LogP contribution >= 0.6 is 27.3 Å². The molecular formula is C14H15BrN2O2S. The van der Waals surface area contributed by atoms with E-state index in [1.54, 1.807) is 12.4 Å². The number of ether oxygens (including phenoxy) is 1. The van der Waals surface area contributed by atoms with Crippen LogP contribution in [0, 0.1) is 0 Å². The molecule has 1 heterocycles. The van der Waals surface area contributed by atoms with Crippen LogP contribution in [0.5, 0.6) is 0 Å². The molecule has 1 N–H and O–H groups in total. The molecule has 1 unspecified atom stereocenters. The van der Waals surface area contributed by atoms with Gasteiger partial charge in [-0.3, -0.25) is 0 Å². The molecule has 2 rings (SSSR count). The molecule has 1 aromatic heterocycles. The number of nitrogens with zero attached hydrogens (tertiary/aromatic N) is 1. The third-order valence-electron chi connectivity index (χ3n) is 2.73. The zero-order valence-corrected chi connectivity index (χ0v) is 13.6. The molecule has 106 valence electrons. The second kappa shape index (κ2) is 6.85. The van der Waals surface area contributed by atoms with E-state index in [1.807, 2.05) is 31.2 Å². The maximum Gasteiger partial charge on any atom is 0.360 e. The Kier molecular flexibility index (Phi) is 5.14. The van der Waals surface area contributed by atoms with Crippen LogP contribution in [-0.2, 0) is 4.74 Å². The molecule has 0 bridgehead atoms. The lowest BCUT2D eigenvalue weighted by molar-refractivity contribution is 0.0521. The summed E-state index contributed by atoms with van der Waals surface area (Å²) in [4.78, 5) is 15.8. The lowest BCUT2D eigenvalue weighted by Crippen LogP contribution is -2.11. The van der Waals surface area contributed by atoms with E-state index in [0.717, 1.165) is 15.0 Å². The van der Waals surface area contributed by atoms with Gasteiger partial charge in [-0.1, -0.05) is 28.1 Å². The van der Waals surface area contributed by atoms with Crippen molar-refractivity contribution in [3.05, 3.63) is 45.5 Å². The number of carbonyl (C=O) groups excluding carboxylic acids is 1. The average Bonchev–Trinajstić information content (AvgIpc) is 2.87. The predicted octanol–water partition coefficient (Wildman–Crippen LogP) is 4.26. The van der Waals surface area contributed by atoms with Gasteiger partial charge in [-0.25, -0.2) is 9.78 Å². The summed E-state index contributed by atoms with van der Waals surface area (Å²) in [6.07, 6.45) is 0. The number of hydrogen-bond donors (Lipinski definition) is 1. The number of anilines is 1. The molecule has 0 fully saturated rings. The SMILES string of the molecule is CCOC(=O)c1ncsc1NC(C)c1cccc(Br)c1. The highest BCUT2D eigenvalue weighted by Gasteiger charge is 2.18. The smallest absolute Gasteiger partial charge is 0.360 e. The van der Waals surface area contributed by atoms with Crippen LogP contribution in [-0.4, -0.2) is 17.6 Å². The Morgan fingerprint density at radius 2 is 2.35 bits per heavy atom. The van der Waals surface area contributed by atoms with Crippen LogP contribution in [0.3, 0.4) is 0 Å². The van der Waals surface area contributed by atoms with Gasteiger partial charge in [0.2, 0.25) is 0 Å². The van der Waals surface area contributed by atoms with E-state index >= 15 is 0 Å². The van der Waals surface area contributed by atoms with Gasteiger partial charge in [0.25, 0.3) is 0 Å². The Labute approximate surface area is 130 Å². The van der Waals surface area contributed by atoms with Gasteiger partial charge in [0.15, 0.2) is 5.69 Å². The largest absolute Gasteiger partial charge is 0.461 e. The lowest BCUT2D eigenvalue weighted by atomic mass is 10.1. The topological polar surface area (TPSA) is 51.2 Å². The Hall–Kier alpha value is -1.40. The van der Waals surface area contributed by atoms with Crippen molar-refractivity contribution >= 4 is 38.2 Å². The van der Waals surface area contributed by atoms with E-state index in [9.17, 15) is 4.79 Å². The molecular weight excluding hydrogens is 340 g/mol. The van der Waals surface area contributed by atoms with Crippen LogP contribution < -0.4 is 5.32 Å². The van der Waals surface area contributed by atoms with Crippen LogP contribution in [0.4, 0.5) is 5.00 Å². The maximum atomic E-state index is 11.8. The second-order valence-electron chi connectivity index (χ2n) is 4.17. The summed E-state index contributed by atoms with van der Waals surface area (Å²) in [5.74, 6) is -0.391. The summed E-state index contributed by atoms with van der Waals surface area (Å²) in [6, 6.07) is 8.11. The molecule has 0 amide bonds. The highest BCUT2D eigenvalue weighted by atomic mass is 79.9. The minimum absolute atomic E-state index is 0.0705. The number of esters is 1. The van der Waals surface area contributed by atoms with Crippen molar-refractivity contribution in [2.24, 2.45) is 0 Å². The number of halogens is 1. The third-order valence-corrected chi connectivity index (χ3v) is 3.98. The van der Waals surface area contributed by atoms with Crippen molar-refractivity contribution in [1.29, 1.82) is 0 Å². The van der Waals surface area contributed by atoms with Gasteiger partial charge in [-0.15, -0.1) is 11.3 Å². The standard InChI is InChI=1S/C14H15BrN2O2S/c1-3-19-14(18)12-13(20-8-16-12)17-9(2)10-5-4-6-11(15)7-10/h4-9,17H,3H2,1-2H3. The van der Waals surface area contributed by atoms with Crippen molar-refractivity contribution in [3.8, 4) is 0 Å². The number of thiazole rings is 1. The first kappa shape index (κ1) is 15.0. The summed E-state index contributed by atoms with van der Waals surface area (Å²) >= 11 is 4.85. The average molecular weight is 355 g/mol. The lowest BCUT2D eigenvalue weighted by Gasteiger charge is -2.15. The second-order valence-corrected chi connectivity index (χ2v) is 5.94. The van der Waals surface area contributed by atoms with E-state index in [2.05, 4.69) is 26.2 Å². The highest BCUT2D eigenvalue weighted by Crippen LogP contribution is 2.27. The minimum Gasteiger partial charge on any atom is -0.461 e. The number of rotatable bonds is 5. The Balaban J connectivity index is 2.14. The van der Waals surface area contributed by atoms with Gasteiger partial charge in [-0.2, -0.15) is 0 Å². The number of benzene rings is 1. The van der Waals surface area contributed by atoms with Gasteiger partial charge >= 0.3 is 5.97 Å². The fraction of sp³-hybridized carbons (Fsp3) is 0.286. The van der Waals surface area contributed by atoms with Crippen LogP contribution in [0.25, 0.3) is 0 Å². The highest BCUT2D eigenvalue weighted by molar-refractivity contribution is 9.10. The van der Waals surface area contributed by atoms with Crippen molar-refractivity contribution in [2.45, 2.75) is 19.9 Å². The van der Waals surface area contributed by atoms with Gasteiger partial charge in [-0.05, 0) is 31.5 Å². The molecule has 1 atom stereocenters. The first-order valence-corrected chi connectivity index (χ1v) is 7.91. The predicted molar refractivity (Wildman–Crippen MR) is 84.3 cm³/mol. The normalized spacial score (nSPS) is 11.9. The van der Waals surface area contributed by atoms with Gasteiger partial charge < -0.3 is 10.1 Å². The molecule has 0 spiro atoms. The van der Waals surface area contributed by atoms with Gasteiger partial charge in [0.1, 0.15) is 5.00 Å². The monoisotopic (exact) mass is 354 g/mol. The number of hydrogen-bond acceptors (Lipinski definition) is 5. The van der Waals surface area contributed by atoms with Gasteiger partial charge in [0.05, 0.1) is 12.1 Å². The quantitative estimate of drug-likeness (QED) is 0.815. The van der Waals surface area contributed by atoms with Crippen molar-refractivity contribution in [3.63, 3.8) is 0 Å². The van der Waals surface area contributed by atoms with Crippen molar-refractivity contribution < 1.29 is 9.53 Å². The summed E-state index contributed by atoms with van der Waals surface area (Å²) in [5.41, 5.74) is 3.11. The molecule has 2 aromatic rings. The molecule has 4 nitrogen and oxygen atoms in total. The van der Waals surface area contributed by atoms with E-state index in [4.69, 9.17) is 4.74 Å². The third kappa shape index (κ3) is 3.58. The number of aromatic nitrogens is 1. The van der Waals surface area contributed by atoms with E-state index in [0.29, 0.717) is 12.3 Å². The number of nitrogens with one attached hydrogen (secondary N) is 1. The fourth-order valence-corrected chi connectivity index (χ4v) is 2.92. The first-order valence-electron chi connectivity index (χ1n) is 6.24. The molecule has 1 aromatic carbocycles. The molecule has 6 heteroatoms. The fourth-order valence-electron chi connectivity index (χ4n) is 1.75. The summed E-state index contributed by atoms with van der Waals surface area (Å²) in [7, 11) is 0. The van der Waals surface area contributed by atoms with E-state index in [-0.39, 0.29) is 6.04 Å². The summed E-state index contributed by atoms with van der Waals surface area (Å²) < 4.78 is 6.02. The number of carbonyl (C=O) groups is 1. The maximum absolute atomic E-state index is 11.8. The minimum atomic E-state index is -0.391. The van der Waals surface area contributed by atoms with Crippen LogP contribution in [0.2, 0.25) is 0 Å². The summed E-state index contributed by atoms with van der Waals surface area (Å²) in [6.45, 7) is 4.16. The molecule has 0 saturated carbocycles. The van der Waals surface area contributed by atoms with E-state index < -0.39 is 5.97 Å². The van der Waals surface area contributed by atoms with Crippen LogP contribution in [0.1, 0.15) is 35.9 Å².